The van der Waals surface area contributed by atoms with Gasteiger partial charge in [0, 0.05) is 24.8 Å². The summed E-state index contributed by atoms with van der Waals surface area (Å²) in [7, 11) is 0. The first-order chi connectivity index (χ1) is 14.3. The number of aromatic nitrogens is 1. The average molecular weight is 436 g/mol. The minimum Gasteiger partial charge on any atom is -0.484 e. The predicted molar refractivity (Wildman–Crippen MR) is 111 cm³/mol. The molecule has 0 fully saturated rings. The summed E-state index contributed by atoms with van der Waals surface area (Å²) in [5, 5.41) is 15.3. The summed E-state index contributed by atoms with van der Waals surface area (Å²) in [6, 6.07) is 6.75. The van der Waals surface area contributed by atoms with Crippen molar-refractivity contribution in [3.63, 3.8) is 0 Å². The first kappa shape index (κ1) is 23.3. The Balaban J connectivity index is 1.75. The van der Waals surface area contributed by atoms with Crippen LogP contribution >= 0.6 is 11.6 Å². The number of carbonyl (C=O) groups is 2. The van der Waals surface area contributed by atoms with Crippen molar-refractivity contribution >= 4 is 23.4 Å². The molecule has 1 aromatic heterocycles. The molecule has 0 bridgehead atoms. The van der Waals surface area contributed by atoms with Gasteiger partial charge in [0.1, 0.15) is 17.3 Å². The Hall–Kier alpha value is -2.97. The second-order valence-electron chi connectivity index (χ2n) is 6.59. The van der Waals surface area contributed by atoms with Gasteiger partial charge in [-0.1, -0.05) is 17.7 Å². The Morgan fingerprint density at radius 2 is 2.13 bits per heavy atom. The van der Waals surface area contributed by atoms with E-state index in [-0.39, 0.29) is 41.9 Å². The Kier molecular flexibility index (Phi) is 8.76. The Bertz CT molecular complexity index is 910. The lowest BCUT2D eigenvalue weighted by Gasteiger charge is -2.19. The molecule has 1 heterocycles. The molecule has 0 aliphatic rings. The number of halogens is 2. The number of benzene rings is 1. The molecule has 2 amide bonds. The van der Waals surface area contributed by atoms with Crippen LogP contribution in [0.4, 0.5) is 4.39 Å². The minimum atomic E-state index is -0.935. The lowest BCUT2D eigenvalue weighted by Crippen LogP contribution is -2.40. The highest BCUT2D eigenvalue weighted by atomic mass is 35.5. The molecule has 3 N–H and O–H groups in total. The number of pyridine rings is 1. The molecule has 30 heavy (non-hydrogen) atoms. The predicted octanol–water partition coefficient (Wildman–Crippen LogP) is 2.41. The SMILES string of the molecule is C=CC(CC(O)CNC(=O)COc1ccc(Cl)c(F)c1)NC(=O)c1cc(C)ccn1. The summed E-state index contributed by atoms with van der Waals surface area (Å²) in [6.45, 7) is 5.10. The van der Waals surface area contributed by atoms with E-state index in [0.717, 1.165) is 11.6 Å². The molecule has 0 saturated carbocycles. The van der Waals surface area contributed by atoms with Crippen LogP contribution in [0.15, 0.2) is 49.2 Å². The van der Waals surface area contributed by atoms with Gasteiger partial charge in [0.05, 0.1) is 11.1 Å². The molecule has 7 nitrogen and oxygen atoms in total. The number of nitrogens with one attached hydrogen (secondary N) is 2. The monoisotopic (exact) mass is 435 g/mol. The van der Waals surface area contributed by atoms with Gasteiger partial charge in [0.2, 0.25) is 0 Å². The lowest BCUT2D eigenvalue weighted by atomic mass is 10.1. The molecular formula is C21H23ClFN3O4. The van der Waals surface area contributed by atoms with E-state index in [1.807, 2.05) is 6.92 Å². The number of aliphatic hydroxyl groups excluding tert-OH is 1. The molecule has 160 valence electrons. The van der Waals surface area contributed by atoms with Gasteiger partial charge in [-0.3, -0.25) is 14.6 Å². The van der Waals surface area contributed by atoms with E-state index in [9.17, 15) is 19.1 Å². The summed E-state index contributed by atoms with van der Waals surface area (Å²) in [4.78, 5) is 28.1. The van der Waals surface area contributed by atoms with Crippen molar-refractivity contribution in [3.05, 3.63) is 71.3 Å². The van der Waals surface area contributed by atoms with Crippen molar-refractivity contribution < 1.29 is 23.8 Å². The van der Waals surface area contributed by atoms with Crippen molar-refractivity contribution in [2.75, 3.05) is 13.2 Å². The average Bonchev–Trinajstić information content (AvgIpc) is 2.72. The minimum absolute atomic E-state index is 0.0445. The van der Waals surface area contributed by atoms with Crippen LogP contribution in [0, 0.1) is 12.7 Å². The van der Waals surface area contributed by atoms with Gasteiger partial charge in [-0.25, -0.2) is 4.39 Å². The van der Waals surface area contributed by atoms with Gasteiger partial charge < -0.3 is 20.5 Å². The molecule has 2 aromatic rings. The highest BCUT2D eigenvalue weighted by Gasteiger charge is 2.17. The first-order valence-electron chi connectivity index (χ1n) is 9.17. The zero-order chi connectivity index (χ0) is 22.1. The highest BCUT2D eigenvalue weighted by Crippen LogP contribution is 2.20. The maximum atomic E-state index is 13.3. The topological polar surface area (TPSA) is 101 Å². The summed E-state index contributed by atoms with van der Waals surface area (Å²) in [6.07, 6.45) is 2.25. The van der Waals surface area contributed by atoms with E-state index < -0.39 is 23.9 Å². The van der Waals surface area contributed by atoms with E-state index in [1.165, 1.54) is 24.4 Å². The fraction of sp³-hybridized carbons (Fsp3) is 0.286. The van der Waals surface area contributed by atoms with Crippen molar-refractivity contribution in [2.24, 2.45) is 0 Å². The third kappa shape index (κ3) is 7.46. The van der Waals surface area contributed by atoms with Gasteiger partial charge >= 0.3 is 0 Å². The number of amides is 2. The second kappa shape index (κ2) is 11.3. The van der Waals surface area contributed by atoms with E-state index in [1.54, 1.807) is 12.1 Å². The van der Waals surface area contributed by atoms with Crippen LogP contribution in [-0.4, -0.2) is 47.2 Å². The number of hydrogen-bond acceptors (Lipinski definition) is 5. The smallest absolute Gasteiger partial charge is 0.270 e. The van der Waals surface area contributed by atoms with Gasteiger partial charge in [-0.05, 0) is 43.2 Å². The lowest BCUT2D eigenvalue weighted by molar-refractivity contribution is -0.123. The Morgan fingerprint density at radius 1 is 1.37 bits per heavy atom. The van der Waals surface area contributed by atoms with Gasteiger partial charge in [0.25, 0.3) is 11.8 Å². The van der Waals surface area contributed by atoms with Crippen LogP contribution in [0.25, 0.3) is 0 Å². The molecule has 2 unspecified atom stereocenters. The molecule has 0 saturated heterocycles. The van der Waals surface area contributed by atoms with Crippen molar-refractivity contribution in [1.82, 2.24) is 15.6 Å². The van der Waals surface area contributed by atoms with Crippen LogP contribution in [0.5, 0.6) is 5.75 Å². The third-order valence-corrected chi connectivity index (χ3v) is 4.38. The highest BCUT2D eigenvalue weighted by molar-refractivity contribution is 6.30. The molecule has 0 spiro atoms. The molecular weight excluding hydrogens is 413 g/mol. The number of hydrogen-bond donors (Lipinski definition) is 3. The normalized spacial score (nSPS) is 12.5. The summed E-state index contributed by atoms with van der Waals surface area (Å²) in [5.41, 5.74) is 1.16. The van der Waals surface area contributed by atoms with E-state index in [4.69, 9.17) is 16.3 Å². The molecule has 0 aliphatic carbocycles. The molecule has 2 rings (SSSR count). The number of aryl methyl sites for hydroxylation is 1. The largest absolute Gasteiger partial charge is 0.484 e. The zero-order valence-corrected chi connectivity index (χ0v) is 17.2. The maximum Gasteiger partial charge on any atom is 0.270 e. The summed E-state index contributed by atoms with van der Waals surface area (Å²) in [5.74, 6) is -1.37. The van der Waals surface area contributed by atoms with Gasteiger partial charge in [-0.15, -0.1) is 6.58 Å². The first-order valence-corrected chi connectivity index (χ1v) is 9.55. The fourth-order valence-electron chi connectivity index (χ4n) is 2.49. The number of carbonyl (C=O) groups excluding carboxylic acids is 2. The van der Waals surface area contributed by atoms with Gasteiger partial charge in [0.15, 0.2) is 6.61 Å². The number of rotatable bonds is 10. The number of ether oxygens (including phenoxy) is 1. The molecule has 0 aliphatic heterocycles. The number of nitrogens with zero attached hydrogens (tertiary/aromatic N) is 1. The van der Waals surface area contributed by atoms with Crippen molar-refractivity contribution in [2.45, 2.75) is 25.5 Å². The maximum absolute atomic E-state index is 13.3. The van der Waals surface area contributed by atoms with E-state index in [0.29, 0.717) is 0 Å². The van der Waals surface area contributed by atoms with Crippen LogP contribution in [0.1, 0.15) is 22.5 Å². The van der Waals surface area contributed by atoms with Gasteiger partial charge in [-0.2, -0.15) is 0 Å². The van der Waals surface area contributed by atoms with Crippen molar-refractivity contribution in [1.29, 1.82) is 0 Å². The summed E-state index contributed by atoms with van der Waals surface area (Å²) < 4.78 is 18.5. The molecule has 1 aromatic carbocycles. The Morgan fingerprint density at radius 3 is 2.80 bits per heavy atom. The van der Waals surface area contributed by atoms with Crippen LogP contribution < -0.4 is 15.4 Å². The fourth-order valence-corrected chi connectivity index (χ4v) is 2.61. The number of aliphatic hydroxyl groups is 1. The van der Waals surface area contributed by atoms with Crippen molar-refractivity contribution in [3.8, 4) is 5.75 Å². The Labute approximate surface area is 178 Å². The van der Waals surface area contributed by atoms with Crippen LogP contribution in [0.2, 0.25) is 5.02 Å². The molecule has 0 radical (unpaired) electrons. The van der Waals surface area contributed by atoms with Crippen LogP contribution in [0.3, 0.4) is 0 Å². The third-order valence-electron chi connectivity index (χ3n) is 4.07. The van der Waals surface area contributed by atoms with E-state index in [2.05, 4.69) is 22.2 Å². The van der Waals surface area contributed by atoms with Crippen LogP contribution in [-0.2, 0) is 4.79 Å². The molecule has 2 atom stereocenters. The summed E-state index contributed by atoms with van der Waals surface area (Å²) >= 11 is 5.58. The second-order valence-corrected chi connectivity index (χ2v) is 7.00. The quantitative estimate of drug-likeness (QED) is 0.497. The van der Waals surface area contributed by atoms with E-state index >= 15 is 0 Å². The zero-order valence-electron chi connectivity index (χ0n) is 16.4. The standard InChI is InChI=1S/C21H23ClFN3O4/c1-3-14(26-21(29)19-8-13(2)6-7-24-19)9-15(27)11-25-20(28)12-30-16-4-5-17(22)18(23)10-16/h3-8,10,14-15,27H,1,9,11-12H2,2H3,(H,25,28)(H,26,29). The molecule has 9 heteroatoms.